The Kier molecular flexibility index (Phi) is 6.32. The molecule has 0 aromatic heterocycles. The molecule has 4 nitrogen and oxygen atoms in total. The molecule has 0 unspecified atom stereocenters. The first-order valence-electron chi connectivity index (χ1n) is 7.46. The van der Waals surface area contributed by atoms with Crippen LogP contribution in [0, 0.1) is 6.92 Å². The summed E-state index contributed by atoms with van der Waals surface area (Å²) in [6.45, 7) is 3.47. The van der Waals surface area contributed by atoms with E-state index >= 15 is 0 Å². The molecule has 5 heteroatoms. The van der Waals surface area contributed by atoms with Crippen LogP contribution in [0.5, 0.6) is 0 Å². The minimum atomic E-state index is -0.882. The van der Waals surface area contributed by atoms with Gasteiger partial charge in [0.1, 0.15) is 0 Å². The van der Waals surface area contributed by atoms with Crippen LogP contribution in [-0.2, 0) is 14.3 Å². The van der Waals surface area contributed by atoms with Crippen molar-refractivity contribution in [3.05, 3.63) is 70.2 Å². The minimum absolute atomic E-state index is 0.369. The van der Waals surface area contributed by atoms with Crippen LogP contribution in [0.25, 0.3) is 6.08 Å². The number of carbonyl (C=O) groups is 2. The number of aryl methyl sites for hydroxylation is 1. The van der Waals surface area contributed by atoms with Crippen LogP contribution in [0.1, 0.15) is 18.1 Å². The summed E-state index contributed by atoms with van der Waals surface area (Å²) in [5.41, 5.74) is 2.58. The summed E-state index contributed by atoms with van der Waals surface area (Å²) < 4.78 is 6.07. The largest absolute Gasteiger partial charge is 0.449 e. The predicted octanol–water partition coefficient (Wildman–Crippen LogP) is 4.34. The molecule has 0 saturated carbocycles. The Labute approximate surface area is 149 Å². The number of amides is 1. The Bertz CT molecular complexity index is 753. The van der Waals surface area contributed by atoms with Gasteiger partial charge >= 0.3 is 5.97 Å². The maximum absolute atomic E-state index is 12.1. The van der Waals surface area contributed by atoms with Gasteiger partial charge in [-0.3, -0.25) is 4.79 Å². The second kappa shape index (κ2) is 8.45. The SMILES string of the molecule is Cc1cccc(NC(=O)[C@@H](C)OC(=O)/C=C/c2ccc(Br)cc2)c1. The van der Waals surface area contributed by atoms with E-state index in [0.717, 1.165) is 15.6 Å². The van der Waals surface area contributed by atoms with Crippen molar-refractivity contribution in [2.24, 2.45) is 0 Å². The van der Waals surface area contributed by atoms with Crippen molar-refractivity contribution in [2.75, 3.05) is 5.32 Å². The Morgan fingerprint density at radius 2 is 1.88 bits per heavy atom. The zero-order valence-corrected chi connectivity index (χ0v) is 15.0. The van der Waals surface area contributed by atoms with Crippen molar-refractivity contribution in [3.8, 4) is 0 Å². The predicted molar refractivity (Wildman–Crippen MR) is 98.5 cm³/mol. The first-order valence-corrected chi connectivity index (χ1v) is 8.25. The van der Waals surface area contributed by atoms with Crippen LogP contribution in [-0.4, -0.2) is 18.0 Å². The van der Waals surface area contributed by atoms with E-state index in [1.165, 1.54) is 13.0 Å². The van der Waals surface area contributed by atoms with E-state index in [0.29, 0.717) is 5.69 Å². The molecule has 1 atom stereocenters. The van der Waals surface area contributed by atoms with Crippen molar-refractivity contribution >= 4 is 39.6 Å². The molecule has 0 bridgehead atoms. The summed E-state index contributed by atoms with van der Waals surface area (Å²) in [6, 6.07) is 14.9. The number of nitrogens with one attached hydrogen (secondary N) is 1. The fourth-order valence-corrected chi connectivity index (χ4v) is 2.24. The normalized spacial score (nSPS) is 12.0. The highest BCUT2D eigenvalue weighted by Crippen LogP contribution is 2.12. The first kappa shape index (κ1) is 17.9. The Balaban J connectivity index is 1.88. The average molecular weight is 388 g/mol. The van der Waals surface area contributed by atoms with E-state index in [1.54, 1.807) is 12.1 Å². The van der Waals surface area contributed by atoms with Gasteiger partial charge in [0.2, 0.25) is 0 Å². The molecule has 0 radical (unpaired) electrons. The Morgan fingerprint density at radius 1 is 1.17 bits per heavy atom. The van der Waals surface area contributed by atoms with Gasteiger partial charge in [-0.2, -0.15) is 0 Å². The van der Waals surface area contributed by atoms with E-state index < -0.39 is 12.1 Å². The van der Waals surface area contributed by atoms with Gasteiger partial charge in [0.25, 0.3) is 5.91 Å². The van der Waals surface area contributed by atoms with Crippen molar-refractivity contribution in [1.82, 2.24) is 0 Å². The lowest BCUT2D eigenvalue weighted by molar-refractivity contribution is -0.148. The third-order valence-corrected chi connectivity index (χ3v) is 3.76. The van der Waals surface area contributed by atoms with Gasteiger partial charge in [-0.25, -0.2) is 4.79 Å². The van der Waals surface area contributed by atoms with Crippen LogP contribution < -0.4 is 5.32 Å². The van der Waals surface area contributed by atoms with Gasteiger partial charge < -0.3 is 10.1 Å². The third kappa shape index (κ3) is 5.66. The van der Waals surface area contributed by atoms with E-state index in [1.807, 2.05) is 49.4 Å². The van der Waals surface area contributed by atoms with Crippen LogP contribution in [0.3, 0.4) is 0 Å². The molecule has 0 fully saturated rings. The number of halogens is 1. The number of carbonyl (C=O) groups excluding carboxylic acids is 2. The van der Waals surface area contributed by atoms with E-state index in [2.05, 4.69) is 21.2 Å². The number of anilines is 1. The molecule has 1 N–H and O–H groups in total. The van der Waals surface area contributed by atoms with Gasteiger partial charge in [0, 0.05) is 16.2 Å². The number of hydrogen-bond acceptors (Lipinski definition) is 3. The Hall–Kier alpha value is -2.40. The molecule has 0 aliphatic heterocycles. The summed E-state index contributed by atoms with van der Waals surface area (Å²) in [6.07, 6.45) is 2.06. The lowest BCUT2D eigenvalue weighted by Crippen LogP contribution is -2.29. The quantitative estimate of drug-likeness (QED) is 0.613. The molecule has 1 amide bonds. The highest BCUT2D eigenvalue weighted by molar-refractivity contribution is 9.10. The molecule has 2 aromatic rings. The summed E-state index contributed by atoms with van der Waals surface area (Å²) in [5.74, 6) is -0.934. The van der Waals surface area contributed by atoms with Gasteiger partial charge in [0.05, 0.1) is 0 Å². The van der Waals surface area contributed by atoms with Gasteiger partial charge in [-0.15, -0.1) is 0 Å². The first-order chi connectivity index (χ1) is 11.4. The smallest absolute Gasteiger partial charge is 0.331 e. The number of hydrogen-bond donors (Lipinski definition) is 1. The highest BCUT2D eigenvalue weighted by atomic mass is 79.9. The lowest BCUT2D eigenvalue weighted by Gasteiger charge is -2.12. The van der Waals surface area contributed by atoms with Gasteiger partial charge in [-0.1, -0.05) is 40.2 Å². The highest BCUT2D eigenvalue weighted by Gasteiger charge is 2.16. The fourth-order valence-electron chi connectivity index (χ4n) is 1.97. The second-order valence-corrected chi connectivity index (χ2v) is 6.24. The molecule has 0 aliphatic rings. The van der Waals surface area contributed by atoms with Crippen molar-refractivity contribution in [1.29, 1.82) is 0 Å². The monoisotopic (exact) mass is 387 g/mol. The number of rotatable bonds is 5. The molecule has 0 heterocycles. The third-order valence-electron chi connectivity index (χ3n) is 3.23. The summed E-state index contributed by atoms with van der Waals surface area (Å²) in [4.78, 5) is 23.9. The number of ether oxygens (including phenoxy) is 1. The lowest BCUT2D eigenvalue weighted by atomic mass is 10.2. The average Bonchev–Trinajstić information content (AvgIpc) is 2.54. The molecular weight excluding hydrogens is 370 g/mol. The van der Waals surface area contributed by atoms with Crippen LogP contribution in [0.4, 0.5) is 5.69 Å². The topological polar surface area (TPSA) is 55.4 Å². The summed E-state index contributed by atoms with van der Waals surface area (Å²) >= 11 is 3.35. The van der Waals surface area contributed by atoms with E-state index in [9.17, 15) is 9.59 Å². The summed E-state index contributed by atoms with van der Waals surface area (Å²) in [5, 5.41) is 2.72. The summed E-state index contributed by atoms with van der Waals surface area (Å²) in [7, 11) is 0. The van der Waals surface area contributed by atoms with E-state index in [4.69, 9.17) is 4.74 Å². The van der Waals surface area contributed by atoms with Gasteiger partial charge in [0.15, 0.2) is 6.10 Å². The minimum Gasteiger partial charge on any atom is -0.449 e. The van der Waals surface area contributed by atoms with Crippen LogP contribution >= 0.6 is 15.9 Å². The molecular formula is C19H18BrNO3. The molecule has 0 aliphatic carbocycles. The number of esters is 1. The van der Waals surface area contributed by atoms with Crippen LogP contribution in [0.2, 0.25) is 0 Å². The molecule has 0 spiro atoms. The maximum atomic E-state index is 12.1. The molecule has 2 rings (SSSR count). The fraction of sp³-hybridized carbons (Fsp3) is 0.158. The van der Waals surface area contributed by atoms with Crippen LogP contribution in [0.15, 0.2) is 59.1 Å². The molecule has 2 aromatic carbocycles. The van der Waals surface area contributed by atoms with Crippen molar-refractivity contribution < 1.29 is 14.3 Å². The Morgan fingerprint density at radius 3 is 2.54 bits per heavy atom. The van der Waals surface area contributed by atoms with E-state index in [-0.39, 0.29) is 5.91 Å². The van der Waals surface area contributed by atoms with Gasteiger partial charge in [-0.05, 0) is 55.3 Å². The number of benzene rings is 2. The standard InChI is InChI=1S/C19H18BrNO3/c1-13-4-3-5-17(12-13)21-19(23)14(2)24-18(22)11-8-15-6-9-16(20)10-7-15/h3-12,14H,1-2H3,(H,21,23)/b11-8+/t14-/m1/s1. The molecule has 124 valence electrons. The zero-order chi connectivity index (χ0) is 17.5. The molecule has 24 heavy (non-hydrogen) atoms. The maximum Gasteiger partial charge on any atom is 0.331 e. The second-order valence-electron chi connectivity index (χ2n) is 5.32. The zero-order valence-electron chi connectivity index (χ0n) is 13.5. The van der Waals surface area contributed by atoms with Crippen molar-refractivity contribution in [2.45, 2.75) is 20.0 Å². The van der Waals surface area contributed by atoms with Crippen molar-refractivity contribution in [3.63, 3.8) is 0 Å². The molecule has 0 saturated heterocycles.